The van der Waals surface area contributed by atoms with Gasteiger partial charge in [0.2, 0.25) is 0 Å². The molecule has 13 heavy (non-hydrogen) atoms. The first-order valence-electron chi connectivity index (χ1n) is 4.41. The van der Waals surface area contributed by atoms with E-state index in [0.29, 0.717) is 13.1 Å². The van der Waals surface area contributed by atoms with E-state index in [-0.39, 0.29) is 19.1 Å². The second-order valence-electron chi connectivity index (χ2n) is 3.50. The third kappa shape index (κ3) is 3.95. The lowest BCUT2D eigenvalue weighted by molar-refractivity contribution is -0.137. The van der Waals surface area contributed by atoms with Crippen molar-refractivity contribution in [3.05, 3.63) is 0 Å². The summed E-state index contributed by atoms with van der Waals surface area (Å²) >= 11 is 0. The van der Waals surface area contributed by atoms with Crippen molar-refractivity contribution >= 4 is 0 Å². The molecule has 0 radical (unpaired) electrons. The maximum absolute atomic E-state index is 11.8. The van der Waals surface area contributed by atoms with Crippen LogP contribution >= 0.6 is 0 Å². The number of hydrogen-bond acceptors (Lipinski definition) is 2. The van der Waals surface area contributed by atoms with E-state index in [1.54, 1.807) is 4.90 Å². The standard InChI is InChI=1S/C8H14F3NO/c9-8(10,11)2-4-12-3-1-7(5-12)6-13/h7,13H,1-6H2. The van der Waals surface area contributed by atoms with Crippen molar-refractivity contribution in [3.63, 3.8) is 0 Å². The summed E-state index contributed by atoms with van der Waals surface area (Å²) in [6.45, 7) is 1.44. The molecule has 0 aromatic heterocycles. The zero-order chi connectivity index (χ0) is 9.90. The van der Waals surface area contributed by atoms with Gasteiger partial charge in [0.15, 0.2) is 0 Å². The summed E-state index contributed by atoms with van der Waals surface area (Å²) in [6.07, 6.45) is -3.99. The Labute approximate surface area is 75.3 Å². The van der Waals surface area contributed by atoms with Gasteiger partial charge < -0.3 is 10.0 Å². The van der Waals surface area contributed by atoms with Crippen molar-refractivity contribution in [1.82, 2.24) is 4.90 Å². The van der Waals surface area contributed by atoms with Crippen LogP contribution in [-0.2, 0) is 0 Å². The number of hydrogen-bond donors (Lipinski definition) is 1. The first-order chi connectivity index (χ1) is 6.01. The van der Waals surface area contributed by atoms with E-state index in [2.05, 4.69) is 0 Å². The Morgan fingerprint density at radius 2 is 2.08 bits per heavy atom. The first kappa shape index (κ1) is 10.8. The summed E-state index contributed by atoms with van der Waals surface area (Å²) in [5.74, 6) is 0.174. The summed E-state index contributed by atoms with van der Waals surface area (Å²) in [6, 6.07) is 0. The highest BCUT2D eigenvalue weighted by Gasteiger charge is 2.29. The summed E-state index contributed by atoms with van der Waals surface area (Å²) in [5.41, 5.74) is 0. The third-order valence-electron chi connectivity index (χ3n) is 2.34. The molecule has 1 saturated heterocycles. The summed E-state index contributed by atoms with van der Waals surface area (Å²) in [7, 11) is 0. The van der Waals surface area contributed by atoms with Crippen LogP contribution in [0.1, 0.15) is 12.8 Å². The quantitative estimate of drug-likeness (QED) is 0.736. The lowest BCUT2D eigenvalue weighted by Crippen LogP contribution is -2.26. The van der Waals surface area contributed by atoms with E-state index < -0.39 is 12.6 Å². The van der Waals surface area contributed by atoms with E-state index in [9.17, 15) is 13.2 Å². The van der Waals surface area contributed by atoms with Gasteiger partial charge in [0.05, 0.1) is 6.42 Å². The predicted octanol–water partition coefficient (Wildman–Crippen LogP) is 1.25. The molecule has 0 spiro atoms. The van der Waals surface area contributed by atoms with Gasteiger partial charge in [0, 0.05) is 19.7 Å². The minimum absolute atomic E-state index is 0.0694. The molecule has 0 amide bonds. The number of halogens is 3. The van der Waals surface area contributed by atoms with Crippen LogP contribution in [0, 0.1) is 5.92 Å². The largest absolute Gasteiger partial charge is 0.396 e. The molecule has 78 valence electrons. The zero-order valence-corrected chi connectivity index (χ0v) is 7.35. The molecule has 0 aromatic rings. The summed E-state index contributed by atoms with van der Waals surface area (Å²) in [5, 5.41) is 8.76. The van der Waals surface area contributed by atoms with Crippen LogP contribution in [0.2, 0.25) is 0 Å². The maximum Gasteiger partial charge on any atom is 0.390 e. The van der Waals surface area contributed by atoms with Gasteiger partial charge in [-0.25, -0.2) is 0 Å². The number of nitrogens with zero attached hydrogens (tertiary/aromatic N) is 1. The Bertz CT molecular complexity index is 160. The van der Waals surface area contributed by atoms with Crippen molar-refractivity contribution in [1.29, 1.82) is 0 Å². The SMILES string of the molecule is OCC1CCN(CCC(F)(F)F)C1. The molecule has 5 heteroatoms. The molecule has 2 nitrogen and oxygen atoms in total. The first-order valence-corrected chi connectivity index (χ1v) is 4.41. The van der Waals surface area contributed by atoms with Gasteiger partial charge in [0.25, 0.3) is 0 Å². The Balaban J connectivity index is 2.17. The highest BCUT2D eigenvalue weighted by atomic mass is 19.4. The predicted molar refractivity (Wildman–Crippen MR) is 42.3 cm³/mol. The number of aliphatic hydroxyl groups is 1. The molecule has 1 N–H and O–H groups in total. The third-order valence-corrected chi connectivity index (χ3v) is 2.34. The second-order valence-corrected chi connectivity index (χ2v) is 3.50. The summed E-state index contributed by atoms with van der Waals surface area (Å²) < 4.78 is 35.4. The molecule has 1 atom stereocenters. The average Bonchev–Trinajstić information content (AvgIpc) is 2.47. The van der Waals surface area contributed by atoms with Gasteiger partial charge in [-0.15, -0.1) is 0 Å². The van der Waals surface area contributed by atoms with E-state index in [1.807, 2.05) is 0 Å². The minimum atomic E-state index is -4.06. The highest BCUT2D eigenvalue weighted by Crippen LogP contribution is 2.22. The van der Waals surface area contributed by atoms with E-state index in [4.69, 9.17) is 5.11 Å². The van der Waals surface area contributed by atoms with Gasteiger partial charge in [-0.1, -0.05) is 0 Å². The number of rotatable bonds is 3. The van der Waals surface area contributed by atoms with Gasteiger partial charge in [0.1, 0.15) is 0 Å². The molecule has 0 aromatic carbocycles. The molecule has 1 aliphatic heterocycles. The average molecular weight is 197 g/mol. The van der Waals surface area contributed by atoms with Crippen LogP contribution in [0.15, 0.2) is 0 Å². The van der Waals surface area contributed by atoms with Crippen LogP contribution < -0.4 is 0 Å². The second kappa shape index (κ2) is 4.28. The molecule has 1 unspecified atom stereocenters. The summed E-state index contributed by atoms with van der Waals surface area (Å²) in [4.78, 5) is 1.76. The number of aliphatic hydroxyl groups excluding tert-OH is 1. The maximum atomic E-state index is 11.8. The van der Waals surface area contributed by atoms with Crippen molar-refractivity contribution in [2.45, 2.75) is 19.0 Å². The van der Waals surface area contributed by atoms with Gasteiger partial charge in [-0.3, -0.25) is 0 Å². The fourth-order valence-corrected chi connectivity index (χ4v) is 1.55. The van der Waals surface area contributed by atoms with E-state index in [1.165, 1.54) is 0 Å². The number of likely N-dealkylation sites (tertiary alicyclic amines) is 1. The van der Waals surface area contributed by atoms with Crippen molar-refractivity contribution in [3.8, 4) is 0 Å². The molecule has 0 bridgehead atoms. The zero-order valence-electron chi connectivity index (χ0n) is 7.35. The lowest BCUT2D eigenvalue weighted by atomic mass is 10.1. The van der Waals surface area contributed by atoms with E-state index >= 15 is 0 Å². The topological polar surface area (TPSA) is 23.5 Å². The Hall–Kier alpha value is -0.290. The van der Waals surface area contributed by atoms with Crippen LogP contribution in [0.5, 0.6) is 0 Å². The van der Waals surface area contributed by atoms with Crippen LogP contribution in [0.4, 0.5) is 13.2 Å². The molecule has 0 aliphatic carbocycles. The molecule has 0 saturated carbocycles. The lowest BCUT2D eigenvalue weighted by Gasteiger charge is -2.16. The molecule has 1 aliphatic rings. The molecular formula is C8H14F3NO. The Kier molecular flexibility index (Phi) is 3.55. The fraction of sp³-hybridized carbons (Fsp3) is 1.00. The Morgan fingerprint density at radius 1 is 1.38 bits per heavy atom. The van der Waals surface area contributed by atoms with E-state index in [0.717, 1.165) is 6.42 Å². The molecule has 1 rings (SSSR count). The fourth-order valence-electron chi connectivity index (χ4n) is 1.55. The van der Waals surface area contributed by atoms with Gasteiger partial charge >= 0.3 is 6.18 Å². The minimum Gasteiger partial charge on any atom is -0.396 e. The van der Waals surface area contributed by atoms with Crippen LogP contribution in [0.3, 0.4) is 0 Å². The highest BCUT2D eigenvalue weighted by molar-refractivity contribution is 4.75. The van der Waals surface area contributed by atoms with Gasteiger partial charge in [-0.2, -0.15) is 13.2 Å². The Morgan fingerprint density at radius 3 is 2.54 bits per heavy atom. The van der Waals surface area contributed by atoms with Crippen LogP contribution in [0.25, 0.3) is 0 Å². The molecule has 1 fully saturated rings. The smallest absolute Gasteiger partial charge is 0.390 e. The molecular weight excluding hydrogens is 183 g/mol. The normalized spacial score (nSPS) is 25.4. The van der Waals surface area contributed by atoms with Crippen LogP contribution in [-0.4, -0.2) is 42.4 Å². The van der Waals surface area contributed by atoms with Crippen molar-refractivity contribution in [2.24, 2.45) is 5.92 Å². The number of alkyl halides is 3. The van der Waals surface area contributed by atoms with Crippen molar-refractivity contribution in [2.75, 3.05) is 26.2 Å². The monoisotopic (exact) mass is 197 g/mol. The molecule has 1 heterocycles. The van der Waals surface area contributed by atoms with Crippen molar-refractivity contribution < 1.29 is 18.3 Å². The van der Waals surface area contributed by atoms with Gasteiger partial charge in [-0.05, 0) is 18.9 Å².